The molecule has 0 aromatic carbocycles. The predicted molar refractivity (Wildman–Crippen MR) is 44.7 cm³/mol. The Kier molecular flexibility index (Phi) is 24.2. The molecule has 13 heavy (non-hydrogen) atoms. The summed E-state index contributed by atoms with van der Waals surface area (Å²) in [6, 6.07) is 0. The molecule has 0 spiro atoms. The quantitative estimate of drug-likeness (QED) is 0.382. The van der Waals surface area contributed by atoms with Crippen LogP contribution in [0.4, 0.5) is 0 Å². The third-order valence-electron chi connectivity index (χ3n) is 1.76. The van der Waals surface area contributed by atoms with E-state index in [1.54, 1.807) is 0 Å². The molecule has 0 aromatic heterocycles. The summed E-state index contributed by atoms with van der Waals surface area (Å²) in [5.74, 6) is 0. The number of halogens is 2. The molecule has 0 aromatic rings. The molecule has 0 N–H and O–H groups in total. The van der Waals surface area contributed by atoms with Gasteiger partial charge < -0.3 is 35.4 Å². The van der Waals surface area contributed by atoms with Crippen LogP contribution in [0.15, 0.2) is 0 Å². The minimum absolute atomic E-state index is 0. The summed E-state index contributed by atoms with van der Waals surface area (Å²) >= 11 is 0. The Morgan fingerprint density at radius 1 is 0.538 bits per heavy atom. The fourth-order valence-electron chi connectivity index (χ4n) is 1.12. The molecule has 0 radical (unpaired) electrons. The first-order valence-corrected chi connectivity index (χ1v) is 4.26. The van der Waals surface area contributed by atoms with Gasteiger partial charge in [-0.2, -0.15) is 0 Å². The van der Waals surface area contributed by atoms with E-state index in [1.165, 1.54) is 25.7 Å². The van der Waals surface area contributed by atoms with E-state index in [2.05, 4.69) is 10.6 Å². The molecule has 0 saturated carbocycles. The van der Waals surface area contributed by atoms with Crippen LogP contribution in [-0.4, -0.2) is 26.2 Å². The Balaban J connectivity index is -0.000000125. The summed E-state index contributed by atoms with van der Waals surface area (Å²) < 4.78 is 0. The first kappa shape index (κ1) is 19.9. The van der Waals surface area contributed by atoms with Crippen molar-refractivity contribution in [3.8, 4) is 0 Å². The van der Waals surface area contributed by atoms with Crippen LogP contribution in [0.3, 0.4) is 0 Å². The molecule has 2 nitrogen and oxygen atoms in total. The molecule has 0 amide bonds. The zero-order chi connectivity index (χ0) is 7.07. The molecule has 2 aliphatic heterocycles. The first-order valence-electron chi connectivity index (χ1n) is 4.26. The summed E-state index contributed by atoms with van der Waals surface area (Å²) in [5, 5.41) is 8.17. The second kappa shape index (κ2) is 15.8. The average molecular weight is 390 g/mol. The molecule has 0 atom stereocenters. The van der Waals surface area contributed by atoms with Crippen LogP contribution in [0.5, 0.6) is 0 Å². The van der Waals surface area contributed by atoms with E-state index >= 15 is 0 Å². The zero-order valence-corrected chi connectivity index (χ0v) is 12.9. The maximum Gasteiger partial charge on any atom is 4.00 e. The van der Waals surface area contributed by atoms with Gasteiger partial charge in [0.1, 0.15) is 0 Å². The van der Waals surface area contributed by atoms with E-state index < -0.39 is 0 Å². The fourth-order valence-corrected chi connectivity index (χ4v) is 1.12. The van der Waals surface area contributed by atoms with Gasteiger partial charge in [-0.3, -0.25) is 0 Å². The summed E-state index contributed by atoms with van der Waals surface area (Å²) in [6.45, 7) is 4.50. The minimum Gasteiger partial charge on any atom is -1.00 e. The van der Waals surface area contributed by atoms with Crippen molar-refractivity contribution in [2.24, 2.45) is 0 Å². The summed E-state index contributed by atoms with van der Waals surface area (Å²) in [4.78, 5) is 0. The van der Waals surface area contributed by atoms with Gasteiger partial charge in [0.15, 0.2) is 0 Å². The van der Waals surface area contributed by atoms with Gasteiger partial charge in [0, 0.05) is 0 Å². The summed E-state index contributed by atoms with van der Waals surface area (Å²) in [6.07, 6.45) is 5.33. The Bertz CT molecular complexity index is 53.3. The molecule has 0 unspecified atom stereocenters. The normalized spacial score (nSPS) is 18.5. The van der Waals surface area contributed by atoms with Gasteiger partial charge in [-0.1, -0.05) is 25.7 Å². The topological polar surface area (TPSA) is 28.2 Å². The summed E-state index contributed by atoms with van der Waals surface area (Å²) in [5.41, 5.74) is 0. The third-order valence-corrected chi connectivity index (χ3v) is 1.76. The molecule has 0 aliphatic carbocycles. The molecule has 2 fully saturated rings. The molecule has 2 aliphatic rings. The second-order valence-electron chi connectivity index (χ2n) is 2.76. The van der Waals surface area contributed by atoms with Crippen LogP contribution < -0.4 is 24.8 Å². The van der Waals surface area contributed by atoms with Crippen LogP contribution in [0.2, 0.25) is 0 Å². The maximum atomic E-state index is 4.08. The molecular formula is C8H16Cl2HfN2. The van der Waals surface area contributed by atoms with E-state index in [1.807, 2.05) is 0 Å². The van der Waals surface area contributed by atoms with E-state index in [4.69, 9.17) is 0 Å². The second-order valence-corrected chi connectivity index (χ2v) is 2.76. The Morgan fingerprint density at radius 3 is 0.846 bits per heavy atom. The molecule has 2 rings (SSSR count). The van der Waals surface area contributed by atoms with Gasteiger partial charge in [-0.05, 0) is 0 Å². The third kappa shape index (κ3) is 13.4. The zero-order valence-electron chi connectivity index (χ0n) is 7.81. The van der Waals surface area contributed by atoms with E-state index in [0.29, 0.717) is 0 Å². The summed E-state index contributed by atoms with van der Waals surface area (Å²) in [7, 11) is 0. The molecular weight excluding hydrogens is 373 g/mol. The van der Waals surface area contributed by atoms with E-state index in [-0.39, 0.29) is 50.7 Å². The molecule has 76 valence electrons. The molecule has 2 saturated heterocycles. The van der Waals surface area contributed by atoms with Crippen molar-refractivity contribution in [3.63, 3.8) is 0 Å². The fraction of sp³-hybridized carbons (Fsp3) is 1.00. The minimum atomic E-state index is 0. The number of rotatable bonds is 0. The van der Waals surface area contributed by atoms with Crippen molar-refractivity contribution < 1.29 is 50.7 Å². The van der Waals surface area contributed by atoms with Crippen LogP contribution >= 0.6 is 0 Å². The van der Waals surface area contributed by atoms with Crippen molar-refractivity contribution in [2.45, 2.75) is 25.7 Å². The van der Waals surface area contributed by atoms with Crippen molar-refractivity contribution >= 4 is 0 Å². The predicted octanol–water partition coefficient (Wildman–Crippen LogP) is -3.69. The SMILES string of the molecule is C1CC[N-]C1.C1CC[N-]C1.[Cl-].[Cl-].[Hf+4]. The van der Waals surface area contributed by atoms with Crippen LogP contribution in [0.1, 0.15) is 25.7 Å². The van der Waals surface area contributed by atoms with Crippen LogP contribution in [-0.2, 0) is 25.8 Å². The largest absolute Gasteiger partial charge is 4.00 e. The van der Waals surface area contributed by atoms with Gasteiger partial charge in [0.25, 0.3) is 0 Å². The number of nitrogens with zero attached hydrogens (tertiary/aromatic N) is 2. The van der Waals surface area contributed by atoms with Gasteiger partial charge in [-0.25, -0.2) is 0 Å². The van der Waals surface area contributed by atoms with Gasteiger partial charge in [0.2, 0.25) is 0 Å². The number of hydrogen-bond acceptors (Lipinski definition) is 0. The van der Waals surface area contributed by atoms with E-state index in [0.717, 1.165) is 26.2 Å². The van der Waals surface area contributed by atoms with Crippen molar-refractivity contribution in [3.05, 3.63) is 10.6 Å². The van der Waals surface area contributed by atoms with Gasteiger partial charge in [0.05, 0.1) is 0 Å². The Hall–Kier alpha value is 1.37. The smallest absolute Gasteiger partial charge is 1.00 e. The monoisotopic (exact) mass is 390 g/mol. The molecule has 2 heterocycles. The van der Waals surface area contributed by atoms with E-state index in [9.17, 15) is 0 Å². The Morgan fingerprint density at radius 2 is 0.769 bits per heavy atom. The number of hydrogen-bond donors (Lipinski definition) is 0. The maximum absolute atomic E-state index is 4.08. The van der Waals surface area contributed by atoms with Crippen molar-refractivity contribution in [1.29, 1.82) is 0 Å². The first-order chi connectivity index (χ1) is 5.00. The van der Waals surface area contributed by atoms with Crippen molar-refractivity contribution in [1.82, 2.24) is 0 Å². The van der Waals surface area contributed by atoms with Crippen molar-refractivity contribution in [2.75, 3.05) is 26.2 Å². The van der Waals surface area contributed by atoms with Crippen LogP contribution in [0, 0.1) is 0 Å². The van der Waals surface area contributed by atoms with Gasteiger partial charge >= 0.3 is 25.8 Å². The average Bonchev–Trinajstić information content (AvgIpc) is 2.67. The van der Waals surface area contributed by atoms with Gasteiger partial charge in [-0.15, -0.1) is 26.2 Å². The molecule has 5 heteroatoms. The standard InChI is InChI=1S/2C4H8N.2ClH.Hf/c2*1-2-4-5-3-1;;;/h2*1-4H2;2*1H;/q2*-1;;;+4/p-2. The Labute approximate surface area is 113 Å². The molecule has 0 bridgehead atoms. The van der Waals surface area contributed by atoms with Crippen LogP contribution in [0.25, 0.3) is 10.6 Å².